The summed E-state index contributed by atoms with van der Waals surface area (Å²) in [5.74, 6) is 0.344. The number of hydrogen-bond acceptors (Lipinski definition) is 7. The van der Waals surface area contributed by atoms with Crippen molar-refractivity contribution in [2.24, 2.45) is 0 Å². The molecule has 2 aliphatic rings. The Morgan fingerprint density at radius 1 is 0.944 bits per heavy atom. The first kappa shape index (κ1) is 25.5. The van der Waals surface area contributed by atoms with Crippen LogP contribution in [0, 0.1) is 6.92 Å². The molecule has 1 aliphatic heterocycles. The maximum Gasteiger partial charge on any atom is 0.336 e. The van der Waals surface area contributed by atoms with Gasteiger partial charge in [0.05, 0.1) is 26.4 Å². The van der Waals surface area contributed by atoms with Crippen molar-refractivity contribution in [3.63, 3.8) is 0 Å². The third-order valence-electron chi connectivity index (χ3n) is 6.82. The number of allylic oxidation sites excluding steroid dienone is 3. The lowest BCUT2D eigenvalue weighted by Crippen LogP contribution is -2.36. The average Bonchev–Trinajstić information content (AvgIpc) is 2.87. The van der Waals surface area contributed by atoms with E-state index in [4.69, 9.17) is 18.9 Å². The molecule has 7 nitrogen and oxygen atoms in total. The molecule has 0 bridgehead atoms. The highest BCUT2D eigenvalue weighted by Gasteiger charge is 2.41. The van der Waals surface area contributed by atoms with Crippen molar-refractivity contribution < 1.29 is 28.5 Å². The van der Waals surface area contributed by atoms with Crippen molar-refractivity contribution in [1.82, 2.24) is 5.32 Å². The Morgan fingerprint density at radius 3 is 2.42 bits per heavy atom. The van der Waals surface area contributed by atoms with E-state index >= 15 is 0 Å². The lowest BCUT2D eigenvalue weighted by molar-refractivity contribution is -0.140. The third kappa shape index (κ3) is 5.02. The van der Waals surface area contributed by atoms with Gasteiger partial charge in [-0.25, -0.2) is 4.79 Å². The lowest BCUT2D eigenvalue weighted by atomic mass is 9.71. The van der Waals surface area contributed by atoms with Gasteiger partial charge in [0.15, 0.2) is 17.3 Å². The molecule has 1 heterocycles. The van der Waals surface area contributed by atoms with Crippen molar-refractivity contribution in [3.05, 3.63) is 81.7 Å². The smallest absolute Gasteiger partial charge is 0.336 e. The van der Waals surface area contributed by atoms with E-state index in [1.54, 1.807) is 21.3 Å². The molecule has 0 spiro atoms. The van der Waals surface area contributed by atoms with Crippen LogP contribution in [0.3, 0.4) is 0 Å². The first-order valence-corrected chi connectivity index (χ1v) is 12.1. The highest BCUT2D eigenvalue weighted by atomic mass is 16.6. The molecule has 4 rings (SSSR count). The van der Waals surface area contributed by atoms with Crippen molar-refractivity contribution >= 4 is 11.8 Å². The molecule has 2 unspecified atom stereocenters. The first-order chi connectivity index (χ1) is 17.4. The van der Waals surface area contributed by atoms with Gasteiger partial charge in [0.1, 0.15) is 6.61 Å². The summed E-state index contributed by atoms with van der Waals surface area (Å²) in [5, 5.41) is 3.39. The number of aryl methyl sites for hydroxylation is 1. The van der Waals surface area contributed by atoms with Gasteiger partial charge in [0.25, 0.3) is 0 Å². The zero-order valence-corrected chi connectivity index (χ0v) is 21.5. The van der Waals surface area contributed by atoms with Crippen LogP contribution in [-0.2, 0) is 19.1 Å². The Hall–Kier alpha value is -3.58. The molecule has 2 aromatic rings. The van der Waals surface area contributed by atoms with Gasteiger partial charge in [0.2, 0.25) is 0 Å². The van der Waals surface area contributed by atoms with Gasteiger partial charge in [0, 0.05) is 36.4 Å². The monoisotopic (exact) mass is 491 g/mol. The van der Waals surface area contributed by atoms with E-state index in [9.17, 15) is 9.59 Å². The van der Waals surface area contributed by atoms with Crippen molar-refractivity contribution in [3.8, 4) is 11.5 Å². The zero-order chi connectivity index (χ0) is 25.8. The maximum atomic E-state index is 13.7. The Labute approximate surface area is 212 Å². The molecule has 0 saturated heterocycles. The van der Waals surface area contributed by atoms with Gasteiger partial charge in [-0.2, -0.15) is 0 Å². The minimum absolute atomic E-state index is 0.0183. The van der Waals surface area contributed by atoms with Crippen LogP contribution in [-0.4, -0.2) is 46.3 Å². The summed E-state index contributed by atoms with van der Waals surface area (Å²) >= 11 is 0. The van der Waals surface area contributed by atoms with Crippen molar-refractivity contribution in [2.45, 2.75) is 38.5 Å². The van der Waals surface area contributed by atoms with Crippen LogP contribution in [0.1, 0.15) is 48.3 Å². The summed E-state index contributed by atoms with van der Waals surface area (Å²) in [6.07, 6.45) is 0.978. The van der Waals surface area contributed by atoms with Gasteiger partial charge in [-0.15, -0.1) is 0 Å². The van der Waals surface area contributed by atoms with Gasteiger partial charge >= 0.3 is 5.97 Å². The fourth-order valence-corrected chi connectivity index (χ4v) is 5.13. The number of rotatable bonds is 8. The molecule has 1 aliphatic carbocycles. The summed E-state index contributed by atoms with van der Waals surface area (Å²) in [5.41, 5.74) is 5.62. The second-order valence-electron chi connectivity index (χ2n) is 9.17. The minimum Gasteiger partial charge on any atom is -0.493 e. The Morgan fingerprint density at radius 2 is 1.72 bits per heavy atom. The average molecular weight is 492 g/mol. The number of nitrogens with one attached hydrogen (secondary N) is 1. The predicted octanol–water partition coefficient (Wildman–Crippen LogP) is 4.56. The maximum absolute atomic E-state index is 13.7. The summed E-state index contributed by atoms with van der Waals surface area (Å²) in [6, 6.07) is 13.7. The van der Waals surface area contributed by atoms with E-state index in [0.717, 1.165) is 22.4 Å². The van der Waals surface area contributed by atoms with Crippen LogP contribution < -0.4 is 14.8 Å². The van der Waals surface area contributed by atoms with Gasteiger partial charge in [-0.05, 0) is 49.4 Å². The largest absolute Gasteiger partial charge is 0.493 e. The quantitative estimate of drug-likeness (QED) is 0.428. The van der Waals surface area contributed by atoms with E-state index in [2.05, 4.69) is 5.32 Å². The fraction of sp³-hybridized carbons (Fsp3) is 0.379. The first-order valence-electron chi connectivity index (χ1n) is 12.1. The van der Waals surface area contributed by atoms with Crippen LogP contribution in [0.25, 0.3) is 0 Å². The molecular formula is C29H33NO6. The fourth-order valence-electron chi connectivity index (χ4n) is 5.13. The number of dihydropyridines is 1. The topological polar surface area (TPSA) is 83.1 Å². The number of Topliss-reactive ketones (excluding diaryl/α,β-unsaturated/α-hetero) is 1. The third-order valence-corrected chi connectivity index (χ3v) is 6.82. The lowest BCUT2D eigenvalue weighted by Gasteiger charge is -2.37. The molecule has 7 heteroatoms. The van der Waals surface area contributed by atoms with E-state index in [0.29, 0.717) is 47.8 Å². The van der Waals surface area contributed by atoms with E-state index in [1.165, 1.54) is 0 Å². The number of carbonyl (C=O) groups is 2. The number of carbonyl (C=O) groups excluding carboxylic acids is 2. The molecule has 0 fully saturated rings. The summed E-state index contributed by atoms with van der Waals surface area (Å²) in [6.45, 7) is 4.32. The number of ether oxygens (including phenoxy) is 4. The number of ketones is 1. The molecule has 0 amide bonds. The summed E-state index contributed by atoms with van der Waals surface area (Å²) in [7, 11) is 4.76. The Bertz CT molecular complexity index is 1230. The molecule has 1 N–H and O–H groups in total. The van der Waals surface area contributed by atoms with Crippen LogP contribution in [0.15, 0.2) is 65.0 Å². The van der Waals surface area contributed by atoms with Gasteiger partial charge in [-0.3, -0.25) is 4.79 Å². The van der Waals surface area contributed by atoms with Crippen LogP contribution >= 0.6 is 0 Å². The van der Waals surface area contributed by atoms with E-state index < -0.39 is 11.9 Å². The van der Waals surface area contributed by atoms with Crippen LogP contribution in [0.5, 0.6) is 11.5 Å². The number of benzene rings is 2. The number of methoxy groups -OCH3 is 3. The van der Waals surface area contributed by atoms with Crippen LogP contribution in [0.4, 0.5) is 0 Å². The summed E-state index contributed by atoms with van der Waals surface area (Å²) < 4.78 is 21.4. The van der Waals surface area contributed by atoms with Crippen molar-refractivity contribution in [1.29, 1.82) is 0 Å². The van der Waals surface area contributed by atoms with Gasteiger partial charge in [-0.1, -0.05) is 35.9 Å². The molecule has 36 heavy (non-hydrogen) atoms. The summed E-state index contributed by atoms with van der Waals surface area (Å²) in [4.78, 5) is 27.0. The Balaban J connectivity index is 1.74. The highest BCUT2D eigenvalue weighted by molar-refractivity contribution is 6.04. The number of esters is 1. The Kier molecular flexibility index (Phi) is 7.79. The normalized spacial score (nSPS) is 19.5. The molecule has 0 saturated carbocycles. The minimum atomic E-state index is -0.491. The molecule has 2 aromatic carbocycles. The standard InChI is InChI=1S/C29H33NO6/c1-17-7-6-8-20(13-17)27-26(29(32)36-12-11-33-3)18(2)30-22-14-21(15-23(31)28(22)27)19-9-10-24(34-4)25(16-19)35-5/h6-10,13,16,21,27,30H,11-12,14-15H2,1-5H3. The SMILES string of the molecule is COCCOC(=O)C1=C(C)NC2=C(C(=O)CC(c3ccc(OC)c(OC)c3)C2)C1c1cccc(C)c1. The van der Waals surface area contributed by atoms with E-state index in [-0.39, 0.29) is 18.3 Å². The van der Waals surface area contributed by atoms with Crippen molar-refractivity contribution in [2.75, 3.05) is 34.5 Å². The van der Waals surface area contributed by atoms with Gasteiger partial charge < -0.3 is 24.3 Å². The second kappa shape index (κ2) is 11.0. The molecule has 0 radical (unpaired) electrons. The molecule has 2 atom stereocenters. The molecule has 0 aromatic heterocycles. The predicted molar refractivity (Wildman–Crippen MR) is 136 cm³/mol. The number of hydrogen-bond donors (Lipinski definition) is 1. The second-order valence-corrected chi connectivity index (χ2v) is 9.17. The highest BCUT2D eigenvalue weighted by Crippen LogP contribution is 2.46. The zero-order valence-electron chi connectivity index (χ0n) is 21.5. The molecular weight excluding hydrogens is 458 g/mol. The van der Waals surface area contributed by atoms with E-state index in [1.807, 2.05) is 56.3 Å². The molecule has 190 valence electrons. The van der Waals surface area contributed by atoms with Crippen LogP contribution in [0.2, 0.25) is 0 Å².